The zero-order chi connectivity index (χ0) is 12.3. The minimum atomic E-state index is 0.433. The van der Waals surface area contributed by atoms with Crippen LogP contribution in [0.2, 0.25) is 0 Å². The molecule has 2 aromatic rings. The largest absolute Gasteiger partial charge is 0.383 e. The molecule has 0 fully saturated rings. The minimum Gasteiger partial charge on any atom is -0.383 e. The van der Waals surface area contributed by atoms with E-state index in [1.54, 1.807) is 13.3 Å². The van der Waals surface area contributed by atoms with Crippen LogP contribution in [-0.2, 0) is 11.3 Å². The van der Waals surface area contributed by atoms with Gasteiger partial charge in [-0.3, -0.25) is 0 Å². The number of ether oxygens (including phenoxy) is 1. The van der Waals surface area contributed by atoms with Crippen molar-refractivity contribution in [3.63, 3.8) is 0 Å². The molecular weight excluding hydrogens is 282 g/mol. The third-order valence-corrected chi connectivity index (χ3v) is 2.94. The molecule has 0 aliphatic rings. The Morgan fingerprint density at radius 2 is 2.12 bits per heavy atom. The third-order valence-electron chi connectivity index (χ3n) is 2.33. The number of benzene rings is 1. The van der Waals surface area contributed by atoms with E-state index in [9.17, 15) is 0 Å². The lowest BCUT2D eigenvalue weighted by atomic mass is 10.1. The van der Waals surface area contributed by atoms with Gasteiger partial charge in [0, 0.05) is 18.9 Å². The van der Waals surface area contributed by atoms with Crippen molar-refractivity contribution in [2.24, 2.45) is 0 Å². The van der Waals surface area contributed by atoms with E-state index < -0.39 is 0 Å². The maximum absolute atomic E-state index is 5.75. The predicted octanol–water partition coefficient (Wildman–Crippen LogP) is 2.63. The minimum absolute atomic E-state index is 0.433. The Morgan fingerprint density at radius 1 is 1.35 bits per heavy atom. The van der Waals surface area contributed by atoms with E-state index in [0.29, 0.717) is 22.7 Å². The van der Waals surface area contributed by atoms with Crippen molar-refractivity contribution in [1.29, 1.82) is 0 Å². The number of rotatable bonds is 3. The average Bonchev–Trinajstić information content (AvgIpc) is 2.34. The van der Waals surface area contributed by atoms with Crippen LogP contribution >= 0.6 is 15.9 Å². The summed E-state index contributed by atoms with van der Waals surface area (Å²) in [5, 5.41) is 0. The van der Waals surface area contributed by atoms with E-state index >= 15 is 0 Å². The van der Waals surface area contributed by atoms with Gasteiger partial charge in [-0.2, -0.15) is 0 Å². The van der Waals surface area contributed by atoms with Crippen molar-refractivity contribution in [3.05, 3.63) is 40.5 Å². The molecule has 17 heavy (non-hydrogen) atoms. The molecule has 0 bridgehead atoms. The molecule has 1 heterocycles. The topological polar surface area (TPSA) is 61.0 Å². The van der Waals surface area contributed by atoms with Crippen molar-refractivity contribution in [2.45, 2.75) is 6.61 Å². The van der Waals surface area contributed by atoms with Gasteiger partial charge in [-0.25, -0.2) is 9.97 Å². The Morgan fingerprint density at radius 3 is 2.82 bits per heavy atom. The van der Waals surface area contributed by atoms with Crippen LogP contribution in [0, 0.1) is 0 Å². The molecule has 1 aromatic heterocycles. The molecule has 5 heteroatoms. The molecule has 0 saturated heterocycles. The summed E-state index contributed by atoms with van der Waals surface area (Å²) in [6, 6.07) is 7.84. The quantitative estimate of drug-likeness (QED) is 0.945. The summed E-state index contributed by atoms with van der Waals surface area (Å²) in [5.41, 5.74) is 7.73. The van der Waals surface area contributed by atoms with Gasteiger partial charge in [-0.15, -0.1) is 0 Å². The number of nitrogens with two attached hydrogens (primary N) is 1. The lowest BCUT2D eigenvalue weighted by molar-refractivity contribution is 0.185. The zero-order valence-electron chi connectivity index (χ0n) is 9.35. The van der Waals surface area contributed by atoms with Gasteiger partial charge in [0.1, 0.15) is 5.82 Å². The molecule has 0 spiro atoms. The van der Waals surface area contributed by atoms with Gasteiger partial charge in [0.2, 0.25) is 0 Å². The lowest BCUT2D eigenvalue weighted by Crippen LogP contribution is -1.99. The van der Waals surface area contributed by atoms with Crippen LogP contribution in [0.5, 0.6) is 0 Å². The number of methoxy groups -OCH3 is 1. The van der Waals surface area contributed by atoms with Crippen molar-refractivity contribution < 1.29 is 4.74 Å². The Labute approximate surface area is 108 Å². The van der Waals surface area contributed by atoms with Gasteiger partial charge in [-0.05, 0) is 21.5 Å². The van der Waals surface area contributed by atoms with Crippen LogP contribution in [0.3, 0.4) is 0 Å². The predicted molar refractivity (Wildman–Crippen MR) is 70.3 cm³/mol. The van der Waals surface area contributed by atoms with E-state index in [1.165, 1.54) is 0 Å². The van der Waals surface area contributed by atoms with E-state index in [1.807, 2.05) is 24.3 Å². The van der Waals surface area contributed by atoms with Crippen LogP contribution in [0.4, 0.5) is 5.82 Å². The summed E-state index contributed by atoms with van der Waals surface area (Å²) in [6.07, 6.45) is 1.65. The summed E-state index contributed by atoms with van der Waals surface area (Å²) in [6.45, 7) is 0.523. The molecule has 0 aliphatic carbocycles. The molecule has 0 amide bonds. The number of hydrogen-bond acceptors (Lipinski definition) is 4. The van der Waals surface area contributed by atoms with Crippen LogP contribution < -0.4 is 5.73 Å². The van der Waals surface area contributed by atoms with Gasteiger partial charge in [0.05, 0.1) is 11.1 Å². The summed E-state index contributed by atoms with van der Waals surface area (Å²) < 4.78 is 5.85. The van der Waals surface area contributed by atoms with Gasteiger partial charge >= 0.3 is 0 Å². The van der Waals surface area contributed by atoms with E-state index in [2.05, 4.69) is 25.9 Å². The second kappa shape index (κ2) is 5.25. The highest BCUT2D eigenvalue weighted by molar-refractivity contribution is 9.10. The first kappa shape index (κ1) is 12.0. The molecule has 4 nitrogen and oxygen atoms in total. The maximum Gasteiger partial charge on any atom is 0.161 e. The standard InChI is InChI=1S/C12H12BrN3O/c1-17-7-8-4-2-3-5-9(8)12-15-6-10(13)11(14)16-12/h2-6H,7H2,1H3,(H2,14,15,16). The Bertz CT molecular complexity index is 531. The summed E-state index contributed by atoms with van der Waals surface area (Å²) in [4.78, 5) is 8.51. The molecule has 0 aliphatic heterocycles. The Balaban J connectivity index is 2.48. The van der Waals surface area contributed by atoms with Gasteiger partial charge in [0.15, 0.2) is 5.82 Å². The molecule has 0 unspecified atom stereocenters. The highest BCUT2D eigenvalue weighted by atomic mass is 79.9. The second-order valence-corrected chi connectivity index (χ2v) is 4.37. The highest BCUT2D eigenvalue weighted by Gasteiger charge is 2.08. The zero-order valence-corrected chi connectivity index (χ0v) is 10.9. The molecule has 0 atom stereocenters. The van der Waals surface area contributed by atoms with Crippen molar-refractivity contribution in [2.75, 3.05) is 12.8 Å². The first-order valence-corrected chi connectivity index (χ1v) is 5.87. The number of hydrogen-bond donors (Lipinski definition) is 1. The van der Waals surface area contributed by atoms with Crippen LogP contribution in [0.1, 0.15) is 5.56 Å². The van der Waals surface area contributed by atoms with E-state index in [-0.39, 0.29) is 0 Å². The fourth-order valence-electron chi connectivity index (χ4n) is 1.53. The van der Waals surface area contributed by atoms with Crippen LogP contribution in [-0.4, -0.2) is 17.1 Å². The van der Waals surface area contributed by atoms with Crippen LogP contribution in [0.15, 0.2) is 34.9 Å². The summed E-state index contributed by atoms with van der Waals surface area (Å²) in [7, 11) is 1.66. The Hall–Kier alpha value is -1.46. The smallest absolute Gasteiger partial charge is 0.161 e. The summed E-state index contributed by atoms with van der Waals surface area (Å²) >= 11 is 3.28. The van der Waals surface area contributed by atoms with Crippen molar-refractivity contribution >= 4 is 21.7 Å². The molecule has 0 saturated carbocycles. The maximum atomic E-state index is 5.75. The number of anilines is 1. The Kier molecular flexibility index (Phi) is 3.71. The average molecular weight is 294 g/mol. The molecule has 2 rings (SSSR count). The fraction of sp³-hybridized carbons (Fsp3) is 0.167. The molecule has 88 valence electrons. The van der Waals surface area contributed by atoms with E-state index in [0.717, 1.165) is 11.1 Å². The third kappa shape index (κ3) is 2.62. The molecule has 0 radical (unpaired) electrons. The molecule has 2 N–H and O–H groups in total. The SMILES string of the molecule is COCc1ccccc1-c1ncc(Br)c(N)n1. The number of nitrogens with zero attached hydrogens (tertiary/aromatic N) is 2. The fourth-order valence-corrected chi connectivity index (χ4v) is 1.72. The van der Waals surface area contributed by atoms with E-state index in [4.69, 9.17) is 10.5 Å². The summed E-state index contributed by atoms with van der Waals surface area (Å²) in [5.74, 6) is 1.04. The van der Waals surface area contributed by atoms with Gasteiger partial charge in [0.25, 0.3) is 0 Å². The first-order valence-electron chi connectivity index (χ1n) is 5.07. The molecular formula is C12H12BrN3O. The van der Waals surface area contributed by atoms with Crippen molar-refractivity contribution in [1.82, 2.24) is 9.97 Å². The van der Waals surface area contributed by atoms with Gasteiger partial charge < -0.3 is 10.5 Å². The first-order chi connectivity index (χ1) is 8.22. The second-order valence-electron chi connectivity index (χ2n) is 3.52. The van der Waals surface area contributed by atoms with Crippen LogP contribution in [0.25, 0.3) is 11.4 Å². The highest BCUT2D eigenvalue weighted by Crippen LogP contribution is 2.24. The number of halogens is 1. The molecule has 1 aromatic carbocycles. The van der Waals surface area contributed by atoms with Crippen molar-refractivity contribution in [3.8, 4) is 11.4 Å². The number of nitrogen functional groups attached to an aromatic ring is 1. The normalized spacial score (nSPS) is 10.5. The monoisotopic (exact) mass is 293 g/mol. The lowest BCUT2D eigenvalue weighted by Gasteiger charge is -2.08. The van der Waals surface area contributed by atoms with Gasteiger partial charge in [-0.1, -0.05) is 24.3 Å². The number of aromatic nitrogens is 2.